The summed E-state index contributed by atoms with van der Waals surface area (Å²) in [6.45, 7) is 2.86. The molecule has 0 atom stereocenters. The van der Waals surface area contributed by atoms with Crippen molar-refractivity contribution in [2.45, 2.75) is 50.6 Å². The van der Waals surface area contributed by atoms with Crippen molar-refractivity contribution in [2.75, 3.05) is 19.8 Å². The molecule has 2 aliphatic rings. The van der Waals surface area contributed by atoms with Gasteiger partial charge in [-0.1, -0.05) is 0 Å². The lowest BCUT2D eigenvalue weighted by Crippen LogP contribution is -2.38. The monoisotopic (exact) mass is 212 g/mol. The summed E-state index contributed by atoms with van der Waals surface area (Å²) in [5, 5.41) is 3.56. The van der Waals surface area contributed by atoms with Gasteiger partial charge in [-0.05, 0) is 44.4 Å². The molecule has 3 N–H and O–H groups in total. The molecular formula is C12H24N2O. The van der Waals surface area contributed by atoms with Gasteiger partial charge in [0.15, 0.2) is 0 Å². The highest BCUT2D eigenvalue weighted by Gasteiger charge is 2.21. The van der Waals surface area contributed by atoms with Crippen molar-refractivity contribution >= 4 is 0 Å². The van der Waals surface area contributed by atoms with Gasteiger partial charge in [-0.2, -0.15) is 0 Å². The van der Waals surface area contributed by atoms with Gasteiger partial charge in [0.1, 0.15) is 0 Å². The van der Waals surface area contributed by atoms with Crippen LogP contribution in [0, 0.1) is 5.92 Å². The molecule has 88 valence electrons. The SMILES string of the molecule is NC1CCC(NCCOCC2CC2)CC1. The highest BCUT2D eigenvalue weighted by Crippen LogP contribution is 2.28. The van der Waals surface area contributed by atoms with Crippen molar-refractivity contribution in [3.8, 4) is 0 Å². The number of ether oxygens (including phenoxy) is 1. The standard InChI is InChI=1S/C12H24N2O/c13-11-3-5-12(6-4-11)14-7-8-15-9-10-1-2-10/h10-12,14H,1-9,13H2. The van der Waals surface area contributed by atoms with Gasteiger partial charge in [-0.3, -0.25) is 0 Å². The number of nitrogens with two attached hydrogens (primary N) is 1. The molecule has 0 saturated heterocycles. The topological polar surface area (TPSA) is 47.3 Å². The molecule has 0 radical (unpaired) electrons. The van der Waals surface area contributed by atoms with Crippen LogP contribution < -0.4 is 11.1 Å². The third-order valence-electron chi connectivity index (χ3n) is 3.50. The van der Waals surface area contributed by atoms with Crippen molar-refractivity contribution < 1.29 is 4.74 Å². The summed E-state index contributed by atoms with van der Waals surface area (Å²) in [5.41, 5.74) is 5.86. The van der Waals surface area contributed by atoms with Crippen LogP contribution >= 0.6 is 0 Å². The van der Waals surface area contributed by atoms with Gasteiger partial charge in [-0.15, -0.1) is 0 Å². The van der Waals surface area contributed by atoms with Gasteiger partial charge in [0.05, 0.1) is 6.61 Å². The zero-order valence-corrected chi connectivity index (χ0v) is 9.58. The van der Waals surface area contributed by atoms with Gasteiger partial charge in [0, 0.05) is 25.2 Å². The molecule has 2 fully saturated rings. The molecule has 3 heteroatoms. The lowest BCUT2D eigenvalue weighted by molar-refractivity contribution is 0.122. The fraction of sp³-hybridized carbons (Fsp3) is 1.00. The highest BCUT2D eigenvalue weighted by atomic mass is 16.5. The zero-order valence-electron chi connectivity index (χ0n) is 9.58. The zero-order chi connectivity index (χ0) is 10.5. The number of hydrogen-bond donors (Lipinski definition) is 2. The molecule has 0 aromatic heterocycles. The molecule has 3 nitrogen and oxygen atoms in total. The van der Waals surface area contributed by atoms with Crippen LogP contribution in [0.3, 0.4) is 0 Å². The van der Waals surface area contributed by atoms with E-state index >= 15 is 0 Å². The molecule has 0 amide bonds. The lowest BCUT2D eigenvalue weighted by Gasteiger charge is -2.26. The maximum atomic E-state index is 5.86. The van der Waals surface area contributed by atoms with Crippen molar-refractivity contribution in [3.05, 3.63) is 0 Å². The van der Waals surface area contributed by atoms with E-state index in [9.17, 15) is 0 Å². The van der Waals surface area contributed by atoms with Crippen LogP contribution in [0.15, 0.2) is 0 Å². The first kappa shape index (κ1) is 11.4. The van der Waals surface area contributed by atoms with Gasteiger partial charge in [-0.25, -0.2) is 0 Å². The summed E-state index contributed by atoms with van der Waals surface area (Å²) in [5.74, 6) is 0.887. The smallest absolute Gasteiger partial charge is 0.0591 e. The highest BCUT2D eigenvalue weighted by molar-refractivity contribution is 4.78. The fourth-order valence-electron chi connectivity index (χ4n) is 2.19. The summed E-state index contributed by atoms with van der Waals surface area (Å²) >= 11 is 0. The van der Waals surface area contributed by atoms with Crippen LogP contribution in [0.1, 0.15) is 38.5 Å². The molecule has 0 bridgehead atoms. The quantitative estimate of drug-likeness (QED) is 0.652. The number of rotatable bonds is 6. The second-order valence-corrected chi connectivity index (χ2v) is 5.08. The van der Waals surface area contributed by atoms with Crippen molar-refractivity contribution in [1.82, 2.24) is 5.32 Å². The molecule has 15 heavy (non-hydrogen) atoms. The molecular weight excluding hydrogens is 188 g/mol. The maximum Gasteiger partial charge on any atom is 0.0591 e. The van der Waals surface area contributed by atoms with Crippen molar-refractivity contribution in [2.24, 2.45) is 11.7 Å². The van der Waals surface area contributed by atoms with E-state index in [1.807, 2.05) is 0 Å². The first-order valence-corrected chi connectivity index (χ1v) is 6.41. The summed E-state index contributed by atoms with van der Waals surface area (Å²) in [6, 6.07) is 1.14. The van der Waals surface area contributed by atoms with Crippen LogP contribution in [-0.4, -0.2) is 31.8 Å². The minimum atomic E-state index is 0.453. The van der Waals surface area contributed by atoms with E-state index in [0.29, 0.717) is 12.1 Å². The van der Waals surface area contributed by atoms with E-state index in [1.54, 1.807) is 0 Å². The van der Waals surface area contributed by atoms with E-state index in [2.05, 4.69) is 5.32 Å². The third-order valence-corrected chi connectivity index (χ3v) is 3.50. The van der Waals surface area contributed by atoms with E-state index in [1.165, 1.54) is 38.5 Å². The Balaban J connectivity index is 1.43. The Morgan fingerprint density at radius 2 is 1.80 bits per heavy atom. The second kappa shape index (κ2) is 5.83. The van der Waals surface area contributed by atoms with Crippen LogP contribution in [0.2, 0.25) is 0 Å². The lowest BCUT2D eigenvalue weighted by atomic mass is 9.92. The predicted octanol–water partition coefficient (Wildman–Crippen LogP) is 1.27. The molecule has 2 saturated carbocycles. The Bertz CT molecular complexity index is 174. The average Bonchev–Trinajstić information content (AvgIpc) is 3.04. The van der Waals surface area contributed by atoms with E-state index in [4.69, 9.17) is 10.5 Å². The fourth-order valence-corrected chi connectivity index (χ4v) is 2.19. The Hall–Kier alpha value is -0.120. The first-order chi connectivity index (χ1) is 7.34. The average molecular weight is 212 g/mol. The van der Waals surface area contributed by atoms with Crippen LogP contribution in [-0.2, 0) is 4.74 Å². The largest absolute Gasteiger partial charge is 0.380 e. The molecule has 0 aliphatic heterocycles. The van der Waals surface area contributed by atoms with E-state index in [-0.39, 0.29) is 0 Å². The summed E-state index contributed by atoms with van der Waals surface area (Å²) in [7, 11) is 0. The first-order valence-electron chi connectivity index (χ1n) is 6.41. The number of nitrogens with one attached hydrogen (secondary N) is 1. The Morgan fingerprint density at radius 1 is 1.07 bits per heavy atom. The minimum absolute atomic E-state index is 0.453. The Labute approximate surface area is 92.7 Å². The molecule has 2 aliphatic carbocycles. The Kier molecular flexibility index (Phi) is 4.42. The Morgan fingerprint density at radius 3 is 2.47 bits per heavy atom. The van der Waals surface area contributed by atoms with Gasteiger partial charge < -0.3 is 15.8 Å². The molecule has 0 unspecified atom stereocenters. The third kappa shape index (κ3) is 4.49. The molecule has 0 aromatic rings. The van der Waals surface area contributed by atoms with Gasteiger partial charge >= 0.3 is 0 Å². The van der Waals surface area contributed by atoms with Crippen LogP contribution in [0.4, 0.5) is 0 Å². The summed E-state index contributed by atoms with van der Waals surface area (Å²) in [6.07, 6.45) is 7.61. The van der Waals surface area contributed by atoms with E-state index < -0.39 is 0 Å². The summed E-state index contributed by atoms with van der Waals surface area (Å²) < 4.78 is 5.58. The molecule has 0 heterocycles. The van der Waals surface area contributed by atoms with Crippen LogP contribution in [0.5, 0.6) is 0 Å². The second-order valence-electron chi connectivity index (χ2n) is 5.08. The van der Waals surface area contributed by atoms with Crippen molar-refractivity contribution in [1.29, 1.82) is 0 Å². The van der Waals surface area contributed by atoms with E-state index in [0.717, 1.165) is 25.7 Å². The number of hydrogen-bond acceptors (Lipinski definition) is 3. The summed E-state index contributed by atoms with van der Waals surface area (Å²) in [4.78, 5) is 0. The normalized spacial score (nSPS) is 31.8. The van der Waals surface area contributed by atoms with Crippen molar-refractivity contribution in [3.63, 3.8) is 0 Å². The van der Waals surface area contributed by atoms with Crippen LogP contribution in [0.25, 0.3) is 0 Å². The predicted molar refractivity (Wildman–Crippen MR) is 61.8 cm³/mol. The van der Waals surface area contributed by atoms with Gasteiger partial charge in [0.25, 0.3) is 0 Å². The molecule has 2 rings (SSSR count). The molecule has 0 aromatic carbocycles. The maximum absolute atomic E-state index is 5.86. The minimum Gasteiger partial charge on any atom is -0.380 e. The molecule has 0 spiro atoms. The van der Waals surface area contributed by atoms with Gasteiger partial charge in [0.2, 0.25) is 0 Å².